The lowest BCUT2D eigenvalue weighted by molar-refractivity contribution is -0.119. The smallest absolute Gasteiger partial charge is 0.387 e. The van der Waals surface area contributed by atoms with E-state index < -0.39 is 65.8 Å². The number of imidazole rings is 1. The highest BCUT2D eigenvalue weighted by Gasteiger charge is 2.59. The molecular weight excluding hydrogens is 550 g/mol. The first kappa shape index (κ1) is 27.9. The third-order valence-corrected chi connectivity index (χ3v) is 8.56. The first-order valence-electron chi connectivity index (χ1n) is 9.05. The van der Waals surface area contributed by atoms with Crippen molar-refractivity contribution in [2.75, 3.05) is 12.4 Å². The van der Waals surface area contributed by atoms with Gasteiger partial charge < -0.3 is 40.3 Å². The molecule has 9 N–H and O–H groups in total. The summed E-state index contributed by atoms with van der Waals surface area (Å²) in [4.78, 5) is 57.8. The zero-order valence-electron chi connectivity index (χ0n) is 17.2. The van der Waals surface area contributed by atoms with Gasteiger partial charge in [0.2, 0.25) is 5.95 Å². The van der Waals surface area contributed by atoms with Crippen molar-refractivity contribution < 1.29 is 65.8 Å². The van der Waals surface area contributed by atoms with E-state index in [1.54, 1.807) is 0 Å². The van der Waals surface area contributed by atoms with Crippen molar-refractivity contribution in [3.8, 4) is 0 Å². The number of aromatic nitrogens is 4. The van der Waals surface area contributed by atoms with E-state index in [1.165, 1.54) is 0 Å². The highest BCUT2D eigenvalue weighted by Crippen LogP contribution is 2.66. The Balaban J connectivity index is 1.88. The molecule has 23 heteroatoms. The predicted octanol–water partition coefficient (Wildman–Crippen LogP) is -1.61. The number of hydrogen-bond donors (Lipinski definition) is 8. The molecular formula is C12H19FN5O14P3. The number of rotatable bonds is 9. The van der Waals surface area contributed by atoms with Crippen LogP contribution in [0.15, 0.2) is 11.1 Å². The van der Waals surface area contributed by atoms with Crippen LogP contribution in [0.1, 0.15) is 13.2 Å². The van der Waals surface area contributed by atoms with Crippen molar-refractivity contribution in [2.45, 2.75) is 37.1 Å². The maximum absolute atomic E-state index is 13.9. The Hall–Kier alpha value is -1.63. The number of aromatic amines is 1. The fourth-order valence-electron chi connectivity index (χ4n) is 3.27. The lowest BCUT2D eigenvalue weighted by Gasteiger charge is -2.29. The van der Waals surface area contributed by atoms with E-state index in [0.29, 0.717) is 0 Å². The normalized spacial score (nSPS) is 29.7. The van der Waals surface area contributed by atoms with Crippen LogP contribution in [0, 0.1) is 0 Å². The number of alkyl halides is 1. The average molecular weight is 569 g/mol. The second kappa shape index (κ2) is 9.35. The zero-order chi connectivity index (χ0) is 26.6. The molecule has 0 bridgehead atoms. The van der Waals surface area contributed by atoms with Gasteiger partial charge in [0.05, 0.1) is 12.4 Å². The van der Waals surface area contributed by atoms with Crippen LogP contribution < -0.4 is 11.3 Å². The number of aliphatic hydroxyl groups is 2. The summed E-state index contributed by atoms with van der Waals surface area (Å²) in [5, 5.41) is 21.3. The molecule has 3 heterocycles. The number of phosphoric ester groups is 1. The van der Waals surface area contributed by atoms with Crippen molar-refractivity contribution in [3.05, 3.63) is 16.7 Å². The summed E-state index contributed by atoms with van der Waals surface area (Å²) in [6.07, 6.45) is -6.76. The number of nitrogens with one attached hydrogen (secondary N) is 1. The summed E-state index contributed by atoms with van der Waals surface area (Å²) >= 11 is 0. The number of aliphatic hydroxyl groups excluding tert-OH is 1. The van der Waals surface area contributed by atoms with Crippen molar-refractivity contribution in [3.63, 3.8) is 0 Å². The molecule has 1 saturated heterocycles. The Morgan fingerprint density at radius 2 is 1.91 bits per heavy atom. The fraction of sp³-hybridized carbons (Fsp3) is 0.583. The van der Waals surface area contributed by atoms with Crippen LogP contribution in [0.4, 0.5) is 10.3 Å². The molecule has 1 aliphatic rings. The van der Waals surface area contributed by atoms with E-state index in [2.05, 4.69) is 28.1 Å². The maximum Gasteiger partial charge on any atom is 0.490 e. The lowest BCUT2D eigenvalue weighted by Crippen LogP contribution is -2.50. The fourth-order valence-corrected chi connectivity index (χ4v) is 6.47. The number of hydrogen-bond acceptors (Lipinski definition) is 13. The van der Waals surface area contributed by atoms with Gasteiger partial charge in [0, 0.05) is 0 Å². The first-order valence-corrected chi connectivity index (χ1v) is 13.6. The number of anilines is 1. The summed E-state index contributed by atoms with van der Waals surface area (Å²) in [7, 11) is -17.1. The number of phosphoric acid groups is 3. The van der Waals surface area contributed by atoms with Crippen molar-refractivity contribution >= 4 is 40.6 Å². The number of halogens is 1. The molecule has 35 heavy (non-hydrogen) atoms. The van der Waals surface area contributed by atoms with Gasteiger partial charge in [-0.3, -0.25) is 18.9 Å². The molecule has 2 aromatic heterocycles. The number of ether oxygens (including phenoxy) is 1. The molecule has 19 nitrogen and oxygen atoms in total. The number of nitrogens with zero attached hydrogens (tertiary/aromatic N) is 3. The van der Waals surface area contributed by atoms with Crippen LogP contribution in [0.2, 0.25) is 0 Å². The van der Waals surface area contributed by atoms with Gasteiger partial charge in [-0.05, 0) is 6.92 Å². The predicted molar refractivity (Wildman–Crippen MR) is 108 cm³/mol. The Morgan fingerprint density at radius 1 is 1.29 bits per heavy atom. The highest BCUT2D eigenvalue weighted by molar-refractivity contribution is 7.66. The van der Waals surface area contributed by atoms with Crippen LogP contribution in [0.3, 0.4) is 0 Å². The van der Waals surface area contributed by atoms with Crippen LogP contribution in [-0.4, -0.2) is 79.9 Å². The Labute approximate surface area is 192 Å². The molecule has 1 aliphatic heterocycles. The van der Waals surface area contributed by atoms with E-state index in [-0.39, 0.29) is 17.1 Å². The molecule has 0 spiro atoms. The van der Waals surface area contributed by atoms with Gasteiger partial charge in [-0.25, -0.2) is 23.1 Å². The van der Waals surface area contributed by atoms with Crippen molar-refractivity contribution in [1.82, 2.24) is 19.5 Å². The monoisotopic (exact) mass is 569 g/mol. The molecule has 3 unspecified atom stereocenters. The highest BCUT2D eigenvalue weighted by atomic mass is 31.3. The van der Waals surface area contributed by atoms with Gasteiger partial charge in [-0.2, -0.15) is 13.6 Å². The summed E-state index contributed by atoms with van der Waals surface area (Å²) < 4.78 is 66.2. The van der Waals surface area contributed by atoms with Crippen LogP contribution in [0.25, 0.3) is 11.2 Å². The number of nitrogens with two attached hydrogens (primary N) is 1. The molecule has 0 aromatic carbocycles. The quantitative estimate of drug-likeness (QED) is 0.158. The van der Waals surface area contributed by atoms with Crippen LogP contribution in [-0.2, 0) is 31.6 Å². The van der Waals surface area contributed by atoms with Crippen LogP contribution >= 0.6 is 23.5 Å². The van der Waals surface area contributed by atoms with Crippen LogP contribution in [0.5, 0.6) is 0 Å². The SMILES string of the molecule is C[C@H](OP(=O)(O)OP(=O)(O)OP(=O)(O)O)[C@H]1O[C@@H](n2cnc3c(=O)[nH]c(N)nc32)[C@@](O)(CF)C1O. The van der Waals surface area contributed by atoms with Crippen molar-refractivity contribution in [1.29, 1.82) is 0 Å². The molecule has 0 saturated carbocycles. The molecule has 198 valence electrons. The Bertz CT molecular complexity index is 1310. The molecule has 0 radical (unpaired) electrons. The number of fused-ring (bicyclic) bond motifs is 1. The third kappa shape index (κ3) is 5.86. The minimum absolute atomic E-state index is 0.281. The summed E-state index contributed by atoms with van der Waals surface area (Å²) in [5.41, 5.74) is 1.37. The number of nitrogen functional groups attached to an aromatic ring is 1. The lowest BCUT2D eigenvalue weighted by atomic mass is 9.93. The molecule has 2 aromatic rings. The second-order valence-corrected chi connectivity index (χ2v) is 11.6. The molecule has 0 aliphatic carbocycles. The summed E-state index contributed by atoms with van der Waals surface area (Å²) in [6.45, 7) is -0.712. The van der Waals surface area contributed by atoms with E-state index >= 15 is 0 Å². The third-order valence-electron chi connectivity index (χ3n) is 4.63. The maximum atomic E-state index is 13.9. The zero-order valence-corrected chi connectivity index (χ0v) is 19.9. The van der Waals surface area contributed by atoms with E-state index in [1.807, 2.05) is 0 Å². The molecule has 3 rings (SSSR count). The van der Waals surface area contributed by atoms with Gasteiger partial charge >= 0.3 is 23.5 Å². The Morgan fingerprint density at radius 3 is 2.49 bits per heavy atom. The van der Waals surface area contributed by atoms with E-state index in [4.69, 9.17) is 20.3 Å². The molecule has 1 fully saturated rings. The van der Waals surface area contributed by atoms with Gasteiger partial charge in [0.25, 0.3) is 5.56 Å². The van der Waals surface area contributed by atoms with Crippen molar-refractivity contribution in [2.24, 2.45) is 0 Å². The van der Waals surface area contributed by atoms with Gasteiger partial charge in [-0.15, -0.1) is 0 Å². The molecule has 0 amide bonds. The van der Waals surface area contributed by atoms with E-state index in [0.717, 1.165) is 17.8 Å². The van der Waals surface area contributed by atoms with E-state index in [9.17, 15) is 42.9 Å². The average Bonchev–Trinajstić information content (AvgIpc) is 3.18. The van der Waals surface area contributed by atoms with Gasteiger partial charge in [-0.1, -0.05) is 0 Å². The largest absolute Gasteiger partial charge is 0.490 e. The number of H-pyrrole nitrogens is 1. The Kier molecular flexibility index (Phi) is 7.47. The summed E-state index contributed by atoms with van der Waals surface area (Å²) in [5.74, 6) is -0.371. The van der Waals surface area contributed by atoms with Gasteiger partial charge in [0.15, 0.2) is 23.0 Å². The summed E-state index contributed by atoms with van der Waals surface area (Å²) in [6, 6.07) is 0. The second-order valence-electron chi connectivity index (χ2n) is 7.20. The minimum atomic E-state index is -5.84. The topological polar surface area (TPSA) is 299 Å². The molecule has 7 atom stereocenters. The van der Waals surface area contributed by atoms with Gasteiger partial charge in [0.1, 0.15) is 18.9 Å². The minimum Gasteiger partial charge on any atom is -0.387 e. The standard InChI is InChI=1S/C12H19FN5O14P3/c1-4(30-34(25,26)32-35(27,28)31-33(22,23)24)6-7(19)12(21,2-13)10(29-6)18-3-15-5-8(18)16-11(14)17-9(5)20/h3-4,6-7,10,19,21H,2H2,1H3,(H,25,26)(H,27,28)(H2,22,23,24)(H3,14,16,17,20)/t4-,6+,7?,10+,12+/m0/s1. The first-order chi connectivity index (χ1) is 15.9.